The predicted molar refractivity (Wildman–Crippen MR) is 63.2 cm³/mol. The summed E-state index contributed by atoms with van der Waals surface area (Å²) in [6.45, 7) is 1.01. The van der Waals surface area contributed by atoms with E-state index in [4.69, 9.17) is 10.00 Å². The van der Waals surface area contributed by atoms with Gasteiger partial charge in [0.25, 0.3) is 5.91 Å². The predicted octanol–water partition coefficient (Wildman–Crippen LogP) is -0.223. The first kappa shape index (κ1) is 13.7. The summed E-state index contributed by atoms with van der Waals surface area (Å²) >= 11 is 0. The van der Waals surface area contributed by atoms with Crippen molar-refractivity contribution in [2.45, 2.75) is 6.42 Å². The Kier molecular flexibility index (Phi) is 5.93. The Balaban J connectivity index is 2.42. The molecule has 8 nitrogen and oxygen atoms in total. The first-order valence-electron chi connectivity index (χ1n) is 5.27. The zero-order valence-electron chi connectivity index (χ0n) is 9.93. The van der Waals surface area contributed by atoms with Gasteiger partial charge >= 0.3 is 0 Å². The zero-order valence-corrected chi connectivity index (χ0v) is 9.93. The molecule has 0 unspecified atom stereocenters. The molecule has 96 valence electrons. The van der Waals surface area contributed by atoms with Crippen molar-refractivity contribution < 1.29 is 9.53 Å². The Hall–Kier alpha value is -2.40. The van der Waals surface area contributed by atoms with Gasteiger partial charge in [-0.1, -0.05) is 0 Å². The average molecular weight is 250 g/mol. The number of hydrogen-bond acceptors (Lipinski definition) is 6. The number of aromatic amines is 1. The number of carbonyl (C=O) groups excluding carboxylic acids is 1. The van der Waals surface area contributed by atoms with Crippen LogP contribution >= 0.6 is 0 Å². The number of anilines is 1. The lowest BCUT2D eigenvalue weighted by Crippen LogP contribution is -2.26. The second-order valence-corrected chi connectivity index (χ2v) is 3.25. The molecule has 0 radical (unpaired) electrons. The number of nitrogens with one attached hydrogen (secondary N) is 3. The van der Waals surface area contributed by atoms with Gasteiger partial charge in [-0.25, -0.2) is 5.10 Å². The summed E-state index contributed by atoms with van der Waals surface area (Å²) in [6, 6.07) is 1.80. The van der Waals surface area contributed by atoms with Crippen LogP contribution in [0, 0.1) is 11.3 Å². The number of amides is 1. The fraction of sp³-hybridized carbons (Fsp3) is 0.400. The second-order valence-electron chi connectivity index (χ2n) is 3.25. The molecule has 0 aromatic carbocycles. The van der Waals surface area contributed by atoms with Crippen molar-refractivity contribution in [1.29, 1.82) is 5.26 Å². The minimum absolute atomic E-state index is 0.0381. The molecule has 0 spiro atoms. The van der Waals surface area contributed by atoms with Gasteiger partial charge in [-0.05, 0) is 6.42 Å². The number of nitriles is 1. The molecule has 8 heteroatoms. The second kappa shape index (κ2) is 7.81. The zero-order chi connectivity index (χ0) is 13.2. The van der Waals surface area contributed by atoms with Crippen LogP contribution in [0.5, 0.6) is 0 Å². The Morgan fingerprint density at radius 1 is 1.72 bits per heavy atom. The van der Waals surface area contributed by atoms with E-state index in [2.05, 4.69) is 25.8 Å². The van der Waals surface area contributed by atoms with E-state index >= 15 is 0 Å². The molecule has 1 rings (SSSR count). The van der Waals surface area contributed by atoms with Crippen LogP contribution in [0.15, 0.2) is 18.1 Å². The molecule has 0 saturated carbocycles. The van der Waals surface area contributed by atoms with Crippen LogP contribution in [0.2, 0.25) is 0 Å². The van der Waals surface area contributed by atoms with Gasteiger partial charge in [0, 0.05) is 26.5 Å². The number of aromatic nitrogens is 3. The van der Waals surface area contributed by atoms with Gasteiger partial charge in [0.05, 0.1) is 0 Å². The van der Waals surface area contributed by atoms with Crippen molar-refractivity contribution in [1.82, 2.24) is 20.5 Å². The van der Waals surface area contributed by atoms with Crippen molar-refractivity contribution in [2.75, 3.05) is 25.6 Å². The van der Waals surface area contributed by atoms with Crippen LogP contribution in [-0.2, 0) is 9.53 Å². The molecule has 18 heavy (non-hydrogen) atoms. The van der Waals surface area contributed by atoms with E-state index in [1.807, 2.05) is 0 Å². The molecule has 1 amide bonds. The summed E-state index contributed by atoms with van der Waals surface area (Å²) in [5.41, 5.74) is -0.0381. The molecule has 0 aliphatic heterocycles. The van der Waals surface area contributed by atoms with E-state index in [0.717, 1.165) is 0 Å². The highest BCUT2D eigenvalue weighted by atomic mass is 16.5. The summed E-state index contributed by atoms with van der Waals surface area (Å²) < 4.78 is 4.84. The molecule has 1 aromatic heterocycles. The highest BCUT2D eigenvalue weighted by molar-refractivity contribution is 5.97. The molecular formula is C10H14N6O2. The third-order valence-electron chi connectivity index (χ3n) is 1.94. The molecule has 0 aliphatic carbocycles. The first-order valence-corrected chi connectivity index (χ1v) is 5.27. The molecule has 0 bridgehead atoms. The molecule has 0 atom stereocenters. The monoisotopic (exact) mass is 250 g/mol. The van der Waals surface area contributed by atoms with Gasteiger partial charge < -0.3 is 15.4 Å². The molecule has 3 N–H and O–H groups in total. The molecule has 0 saturated heterocycles. The Morgan fingerprint density at radius 2 is 2.56 bits per heavy atom. The smallest absolute Gasteiger partial charge is 0.263 e. The molecule has 1 aromatic rings. The van der Waals surface area contributed by atoms with Gasteiger partial charge in [-0.3, -0.25) is 4.79 Å². The van der Waals surface area contributed by atoms with E-state index in [1.54, 1.807) is 13.2 Å². The van der Waals surface area contributed by atoms with E-state index in [-0.39, 0.29) is 5.57 Å². The number of nitrogens with zero attached hydrogens (tertiary/aromatic N) is 3. The largest absolute Gasteiger partial charge is 0.385 e. The molecular weight excluding hydrogens is 236 g/mol. The number of carbonyl (C=O) groups is 1. The van der Waals surface area contributed by atoms with E-state index < -0.39 is 5.91 Å². The molecule has 0 fully saturated rings. The van der Waals surface area contributed by atoms with Gasteiger partial charge in [0.15, 0.2) is 0 Å². The van der Waals surface area contributed by atoms with Crippen LogP contribution in [0.4, 0.5) is 5.95 Å². The quantitative estimate of drug-likeness (QED) is 0.350. The lowest BCUT2D eigenvalue weighted by molar-refractivity contribution is -0.117. The third kappa shape index (κ3) is 4.63. The number of rotatable bonds is 7. The molecule has 1 heterocycles. The Bertz CT molecular complexity index is 434. The molecule has 0 aliphatic rings. The van der Waals surface area contributed by atoms with Gasteiger partial charge in [-0.15, -0.1) is 0 Å². The summed E-state index contributed by atoms with van der Waals surface area (Å²) in [7, 11) is 1.59. The number of methoxy groups -OCH3 is 1. The van der Waals surface area contributed by atoms with Gasteiger partial charge in [0.1, 0.15) is 18.0 Å². The number of ether oxygens (including phenoxy) is 1. The first-order chi connectivity index (χ1) is 8.77. The fourth-order valence-electron chi connectivity index (χ4n) is 1.08. The Morgan fingerprint density at radius 3 is 3.17 bits per heavy atom. The van der Waals surface area contributed by atoms with Crippen molar-refractivity contribution in [3.05, 3.63) is 18.1 Å². The maximum Gasteiger partial charge on any atom is 0.263 e. The SMILES string of the molecule is COCCCNC(=O)/C(C#N)=C\Nc1ncn[nH]1. The van der Waals surface area contributed by atoms with Crippen molar-refractivity contribution in [3.63, 3.8) is 0 Å². The lowest BCUT2D eigenvalue weighted by Gasteiger charge is -2.03. The van der Waals surface area contributed by atoms with Gasteiger partial charge in [0.2, 0.25) is 5.95 Å². The lowest BCUT2D eigenvalue weighted by atomic mass is 10.3. The summed E-state index contributed by atoms with van der Waals surface area (Å²) in [5, 5.41) is 20.3. The summed E-state index contributed by atoms with van der Waals surface area (Å²) in [4.78, 5) is 15.4. The van der Waals surface area contributed by atoms with E-state index in [1.165, 1.54) is 12.5 Å². The highest BCUT2D eigenvalue weighted by Crippen LogP contribution is 1.97. The summed E-state index contributed by atoms with van der Waals surface area (Å²) in [6.07, 6.45) is 3.27. The summed E-state index contributed by atoms with van der Waals surface area (Å²) in [5.74, 6) is -0.0875. The van der Waals surface area contributed by atoms with Gasteiger partial charge in [-0.2, -0.15) is 15.3 Å². The minimum atomic E-state index is -0.444. The maximum absolute atomic E-state index is 11.6. The standard InChI is InChI=1S/C10H14N6O2/c1-18-4-2-3-12-9(17)8(5-11)6-13-10-14-7-15-16-10/h6-7H,2-4H2,1H3,(H,12,17)(H2,13,14,15,16)/b8-6-. The maximum atomic E-state index is 11.6. The van der Waals surface area contributed by atoms with E-state index in [0.29, 0.717) is 25.5 Å². The van der Waals surface area contributed by atoms with Crippen LogP contribution in [-0.4, -0.2) is 41.3 Å². The van der Waals surface area contributed by atoms with Crippen LogP contribution in [0.1, 0.15) is 6.42 Å². The Labute approximate surface area is 104 Å². The normalized spacial score (nSPS) is 10.8. The van der Waals surface area contributed by atoms with Crippen LogP contribution in [0.25, 0.3) is 0 Å². The number of H-pyrrole nitrogens is 1. The van der Waals surface area contributed by atoms with Crippen LogP contribution < -0.4 is 10.6 Å². The highest BCUT2D eigenvalue weighted by Gasteiger charge is 2.07. The average Bonchev–Trinajstić information content (AvgIpc) is 2.88. The third-order valence-corrected chi connectivity index (χ3v) is 1.94. The van der Waals surface area contributed by atoms with Crippen LogP contribution in [0.3, 0.4) is 0 Å². The van der Waals surface area contributed by atoms with Crippen molar-refractivity contribution in [2.24, 2.45) is 0 Å². The topological polar surface area (TPSA) is 116 Å². The minimum Gasteiger partial charge on any atom is -0.385 e. The fourth-order valence-corrected chi connectivity index (χ4v) is 1.08. The van der Waals surface area contributed by atoms with E-state index in [9.17, 15) is 4.79 Å². The number of hydrogen-bond donors (Lipinski definition) is 3. The van der Waals surface area contributed by atoms with Crippen molar-refractivity contribution in [3.8, 4) is 6.07 Å². The van der Waals surface area contributed by atoms with Crippen molar-refractivity contribution >= 4 is 11.9 Å².